The molecular formula is C13H11F2NO. The van der Waals surface area contributed by atoms with Crippen LogP contribution in [-0.4, -0.2) is 0 Å². The van der Waals surface area contributed by atoms with Gasteiger partial charge >= 0.3 is 0 Å². The van der Waals surface area contributed by atoms with E-state index in [1.807, 2.05) is 6.07 Å². The zero-order valence-corrected chi connectivity index (χ0v) is 8.99. The van der Waals surface area contributed by atoms with Gasteiger partial charge in [-0.1, -0.05) is 12.1 Å². The van der Waals surface area contributed by atoms with Crippen molar-refractivity contribution in [2.24, 2.45) is 0 Å². The van der Waals surface area contributed by atoms with Gasteiger partial charge in [0.2, 0.25) is 0 Å². The first kappa shape index (κ1) is 11.4. The lowest BCUT2D eigenvalue weighted by Gasteiger charge is -2.07. The first-order valence-electron chi connectivity index (χ1n) is 5.07. The zero-order chi connectivity index (χ0) is 12.3. The number of benzene rings is 2. The molecule has 0 heterocycles. The zero-order valence-electron chi connectivity index (χ0n) is 8.99. The highest BCUT2D eigenvalue weighted by Crippen LogP contribution is 2.19. The molecule has 0 saturated carbocycles. The van der Waals surface area contributed by atoms with E-state index >= 15 is 0 Å². The van der Waals surface area contributed by atoms with Crippen molar-refractivity contribution >= 4 is 5.69 Å². The molecular weight excluding hydrogens is 224 g/mol. The summed E-state index contributed by atoms with van der Waals surface area (Å²) < 4.78 is 31.1. The predicted molar refractivity (Wildman–Crippen MR) is 61.5 cm³/mol. The second-order valence-corrected chi connectivity index (χ2v) is 3.61. The van der Waals surface area contributed by atoms with Crippen molar-refractivity contribution in [3.05, 3.63) is 59.7 Å². The van der Waals surface area contributed by atoms with E-state index < -0.39 is 11.6 Å². The van der Waals surface area contributed by atoms with Crippen LogP contribution in [0.2, 0.25) is 0 Å². The highest BCUT2D eigenvalue weighted by Gasteiger charge is 2.04. The molecule has 0 spiro atoms. The Kier molecular flexibility index (Phi) is 3.23. The summed E-state index contributed by atoms with van der Waals surface area (Å²) in [4.78, 5) is 0. The number of halogens is 2. The van der Waals surface area contributed by atoms with Crippen LogP contribution in [-0.2, 0) is 6.61 Å². The lowest BCUT2D eigenvalue weighted by Crippen LogP contribution is -1.98. The second kappa shape index (κ2) is 4.82. The molecule has 0 aliphatic heterocycles. The first-order chi connectivity index (χ1) is 8.15. The van der Waals surface area contributed by atoms with Crippen molar-refractivity contribution in [1.29, 1.82) is 0 Å². The molecule has 0 aromatic heterocycles. The van der Waals surface area contributed by atoms with E-state index in [0.717, 1.165) is 17.7 Å². The van der Waals surface area contributed by atoms with Crippen molar-refractivity contribution in [2.75, 3.05) is 5.73 Å². The average molecular weight is 235 g/mol. The SMILES string of the molecule is Nc1cccc(COc2ccc(F)cc2F)c1. The first-order valence-corrected chi connectivity index (χ1v) is 5.07. The van der Waals surface area contributed by atoms with Crippen LogP contribution >= 0.6 is 0 Å². The summed E-state index contributed by atoms with van der Waals surface area (Å²) in [5, 5.41) is 0. The fourth-order valence-corrected chi connectivity index (χ4v) is 1.44. The second-order valence-electron chi connectivity index (χ2n) is 3.61. The van der Waals surface area contributed by atoms with Crippen LogP contribution in [0.3, 0.4) is 0 Å². The summed E-state index contributed by atoms with van der Waals surface area (Å²) >= 11 is 0. The van der Waals surface area contributed by atoms with Crippen molar-refractivity contribution in [3.8, 4) is 5.75 Å². The maximum absolute atomic E-state index is 13.2. The molecule has 2 aromatic carbocycles. The van der Waals surface area contributed by atoms with Gasteiger partial charge < -0.3 is 10.5 Å². The minimum atomic E-state index is -0.714. The molecule has 0 amide bonds. The minimum Gasteiger partial charge on any atom is -0.486 e. The Hall–Kier alpha value is -2.10. The third-order valence-electron chi connectivity index (χ3n) is 2.24. The molecule has 0 bridgehead atoms. The molecule has 4 heteroatoms. The molecule has 2 rings (SSSR count). The summed E-state index contributed by atoms with van der Waals surface area (Å²) in [6.07, 6.45) is 0. The highest BCUT2D eigenvalue weighted by molar-refractivity contribution is 5.40. The number of nitrogen functional groups attached to an aromatic ring is 1. The summed E-state index contributed by atoms with van der Waals surface area (Å²) in [7, 11) is 0. The van der Waals surface area contributed by atoms with Gasteiger partial charge in [-0.05, 0) is 29.8 Å². The van der Waals surface area contributed by atoms with Crippen LogP contribution in [0.1, 0.15) is 5.56 Å². The quantitative estimate of drug-likeness (QED) is 0.829. The largest absolute Gasteiger partial charge is 0.486 e. The normalized spacial score (nSPS) is 10.2. The predicted octanol–water partition coefficient (Wildman–Crippen LogP) is 3.13. The van der Waals surface area contributed by atoms with Gasteiger partial charge in [-0.2, -0.15) is 0 Å². The summed E-state index contributed by atoms with van der Waals surface area (Å²) in [5.74, 6) is -1.32. The number of ether oxygens (including phenoxy) is 1. The summed E-state index contributed by atoms with van der Waals surface area (Å²) in [6.45, 7) is 0.188. The van der Waals surface area contributed by atoms with E-state index in [9.17, 15) is 8.78 Å². The van der Waals surface area contributed by atoms with Gasteiger partial charge in [0.05, 0.1) is 0 Å². The van der Waals surface area contributed by atoms with Gasteiger partial charge in [0.1, 0.15) is 12.4 Å². The van der Waals surface area contributed by atoms with Gasteiger partial charge in [0.25, 0.3) is 0 Å². The van der Waals surface area contributed by atoms with Crippen molar-refractivity contribution in [1.82, 2.24) is 0 Å². The highest BCUT2D eigenvalue weighted by atomic mass is 19.1. The van der Waals surface area contributed by atoms with Crippen LogP contribution < -0.4 is 10.5 Å². The van der Waals surface area contributed by atoms with Crippen LogP contribution in [0.15, 0.2) is 42.5 Å². The number of anilines is 1. The van der Waals surface area contributed by atoms with E-state index in [-0.39, 0.29) is 12.4 Å². The van der Waals surface area contributed by atoms with Gasteiger partial charge in [-0.25, -0.2) is 8.78 Å². The third-order valence-corrected chi connectivity index (χ3v) is 2.24. The Labute approximate surface area is 97.6 Å². The van der Waals surface area contributed by atoms with Crippen LogP contribution in [0.5, 0.6) is 5.75 Å². The van der Waals surface area contributed by atoms with Crippen LogP contribution in [0.25, 0.3) is 0 Å². The maximum Gasteiger partial charge on any atom is 0.167 e. The molecule has 17 heavy (non-hydrogen) atoms. The Morgan fingerprint density at radius 1 is 1.06 bits per heavy atom. The van der Waals surface area contributed by atoms with E-state index in [1.54, 1.807) is 18.2 Å². The van der Waals surface area contributed by atoms with Crippen molar-refractivity contribution in [3.63, 3.8) is 0 Å². The standard InChI is InChI=1S/C13H11F2NO/c14-10-4-5-13(12(15)7-10)17-8-9-2-1-3-11(16)6-9/h1-7H,8,16H2. The number of nitrogens with two attached hydrogens (primary N) is 1. The Morgan fingerprint density at radius 3 is 2.59 bits per heavy atom. The third kappa shape index (κ3) is 2.93. The van der Waals surface area contributed by atoms with Gasteiger partial charge in [0, 0.05) is 11.8 Å². The molecule has 2 nitrogen and oxygen atoms in total. The monoisotopic (exact) mass is 235 g/mol. The molecule has 0 unspecified atom stereocenters. The lowest BCUT2D eigenvalue weighted by atomic mass is 10.2. The lowest BCUT2D eigenvalue weighted by molar-refractivity contribution is 0.289. The summed E-state index contributed by atoms with van der Waals surface area (Å²) in [6, 6.07) is 10.3. The topological polar surface area (TPSA) is 35.2 Å². The smallest absolute Gasteiger partial charge is 0.167 e. The molecule has 2 aromatic rings. The Morgan fingerprint density at radius 2 is 1.88 bits per heavy atom. The molecule has 0 fully saturated rings. The van der Waals surface area contributed by atoms with Crippen LogP contribution in [0, 0.1) is 11.6 Å². The van der Waals surface area contributed by atoms with Crippen LogP contribution in [0.4, 0.5) is 14.5 Å². The van der Waals surface area contributed by atoms with E-state index in [4.69, 9.17) is 10.5 Å². The van der Waals surface area contributed by atoms with E-state index in [0.29, 0.717) is 5.69 Å². The van der Waals surface area contributed by atoms with Gasteiger partial charge in [-0.3, -0.25) is 0 Å². The number of rotatable bonds is 3. The average Bonchev–Trinajstić information content (AvgIpc) is 2.28. The molecule has 0 radical (unpaired) electrons. The molecule has 0 aliphatic rings. The number of hydrogen-bond donors (Lipinski definition) is 1. The molecule has 88 valence electrons. The molecule has 2 N–H and O–H groups in total. The Balaban J connectivity index is 2.07. The fraction of sp³-hybridized carbons (Fsp3) is 0.0769. The van der Waals surface area contributed by atoms with E-state index in [1.165, 1.54) is 6.07 Å². The van der Waals surface area contributed by atoms with Gasteiger partial charge in [0.15, 0.2) is 11.6 Å². The summed E-state index contributed by atoms with van der Waals surface area (Å²) in [5.41, 5.74) is 7.04. The molecule has 0 aliphatic carbocycles. The fourth-order valence-electron chi connectivity index (χ4n) is 1.44. The molecule has 0 saturated heterocycles. The Bertz CT molecular complexity index is 529. The maximum atomic E-state index is 13.2. The molecule has 0 atom stereocenters. The number of hydrogen-bond acceptors (Lipinski definition) is 2. The van der Waals surface area contributed by atoms with Crippen molar-refractivity contribution in [2.45, 2.75) is 6.61 Å². The van der Waals surface area contributed by atoms with E-state index in [2.05, 4.69) is 0 Å². The van der Waals surface area contributed by atoms with Gasteiger partial charge in [-0.15, -0.1) is 0 Å². The minimum absolute atomic E-state index is 0.0221. The van der Waals surface area contributed by atoms with Crippen molar-refractivity contribution < 1.29 is 13.5 Å².